The van der Waals surface area contributed by atoms with E-state index in [0.717, 1.165) is 12.0 Å². The average molecular weight is 284 g/mol. The first-order valence-electron chi connectivity index (χ1n) is 6.42. The molecule has 0 saturated carbocycles. The minimum Gasteiger partial charge on any atom is -0.398 e. The van der Waals surface area contributed by atoms with Crippen molar-refractivity contribution < 1.29 is 13.5 Å². The molecule has 0 aliphatic carbocycles. The summed E-state index contributed by atoms with van der Waals surface area (Å²) >= 11 is 0. The summed E-state index contributed by atoms with van der Waals surface area (Å²) in [6.07, 6.45) is 1.45. The van der Waals surface area contributed by atoms with Crippen molar-refractivity contribution in [2.24, 2.45) is 5.92 Å². The number of aliphatic hydroxyl groups is 1. The number of aryl methyl sites for hydroxylation is 1. The van der Waals surface area contributed by atoms with Gasteiger partial charge in [-0.15, -0.1) is 0 Å². The molecule has 6 heteroatoms. The number of hydrogen-bond donors (Lipinski definition) is 2. The van der Waals surface area contributed by atoms with Crippen LogP contribution in [-0.4, -0.2) is 37.5 Å². The fourth-order valence-corrected chi connectivity index (χ4v) is 4.10. The van der Waals surface area contributed by atoms with Gasteiger partial charge in [0.15, 0.2) is 0 Å². The molecule has 1 saturated heterocycles. The maximum Gasteiger partial charge on any atom is 0.245 e. The summed E-state index contributed by atoms with van der Waals surface area (Å²) in [7, 11) is -3.51. The van der Waals surface area contributed by atoms with Gasteiger partial charge < -0.3 is 10.8 Å². The van der Waals surface area contributed by atoms with Gasteiger partial charge in [0.2, 0.25) is 10.0 Å². The summed E-state index contributed by atoms with van der Waals surface area (Å²) in [5.41, 5.74) is 7.06. The molecular formula is C13H20N2O3S. The molecule has 5 nitrogen and oxygen atoms in total. The Labute approximate surface area is 114 Å². The van der Waals surface area contributed by atoms with Gasteiger partial charge in [0, 0.05) is 19.7 Å². The highest BCUT2D eigenvalue weighted by atomic mass is 32.2. The second-order valence-electron chi connectivity index (χ2n) is 5.07. The van der Waals surface area contributed by atoms with Crippen molar-refractivity contribution in [1.82, 2.24) is 4.31 Å². The number of nitrogen functional groups attached to an aromatic ring is 1. The number of anilines is 1. The highest BCUT2D eigenvalue weighted by Gasteiger charge is 2.33. The maximum atomic E-state index is 12.5. The zero-order valence-corrected chi connectivity index (χ0v) is 11.9. The first-order valence-corrected chi connectivity index (χ1v) is 7.86. The molecule has 106 valence electrons. The molecule has 3 N–H and O–H groups in total. The van der Waals surface area contributed by atoms with Crippen molar-refractivity contribution in [2.45, 2.75) is 24.7 Å². The zero-order chi connectivity index (χ0) is 14.0. The van der Waals surface area contributed by atoms with Crippen molar-refractivity contribution >= 4 is 15.7 Å². The lowest BCUT2D eigenvalue weighted by Gasteiger charge is -2.18. The van der Waals surface area contributed by atoms with E-state index in [2.05, 4.69) is 0 Å². The Morgan fingerprint density at radius 2 is 2.21 bits per heavy atom. The second kappa shape index (κ2) is 5.48. The van der Waals surface area contributed by atoms with E-state index in [1.54, 1.807) is 18.2 Å². The van der Waals surface area contributed by atoms with Gasteiger partial charge in [0.05, 0.1) is 5.69 Å². The average Bonchev–Trinajstić information content (AvgIpc) is 2.78. The molecule has 0 amide bonds. The van der Waals surface area contributed by atoms with Crippen LogP contribution >= 0.6 is 0 Å². The maximum absolute atomic E-state index is 12.5. The normalized spacial score (nSPS) is 20.8. The minimum atomic E-state index is -3.51. The van der Waals surface area contributed by atoms with Gasteiger partial charge in [0.1, 0.15) is 4.90 Å². The van der Waals surface area contributed by atoms with Crippen LogP contribution in [0.3, 0.4) is 0 Å². The molecular weight excluding hydrogens is 264 g/mol. The Morgan fingerprint density at radius 1 is 1.47 bits per heavy atom. The number of benzene rings is 1. The molecule has 1 unspecified atom stereocenters. The van der Waals surface area contributed by atoms with E-state index in [0.29, 0.717) is 25.2 Å². The number of sulfonamides is 1. The fraction of sp³-hybridized carbons (Fsp3) is 0.538. The van der Waals surface area contributed by atoms with Crippen LogP contribution in [0.1, 0.15) is 18.4 Å². The van der Waals surface area contributed by atoms with Crippen LogP contribution in [-0.2, 0) is 10.0 Å². The summed E-state index contributed by atoms with van der Waals surface area (Å²) in [6, 6.07) is 5.00. The smallest absolute Gasteiger partial charge is 0.245 e. The fourth-order valence-electron chi connectivity index (χ4n) is 2.48. The summed E-state index contributed by atoms with van der Waals surface area (Å²) in [5, 5.41) is 8.92. The van der Waals surface area contributed by atoms with E-state index in [1.165, 1.54) is 4.31 Å². The Bertz CT molecular complexity index is 557. The third-order valence-corrected chi connectivity index (χ3v) is 5.51. The molecule has 1 aliphatic rings. The van der Waals surface area contributed by atoms with Crippen LogP contribution in [0.5, 0.6) is 0 Å². The van der Waals surface area contributed by atoms with E-state index in [9.17, 15) is 8.42 Å². The lowest BCUT2D eigenvalue weighted by atomic mass is 10.1. The Kier molecular flexibility index (Phi) is 4.13. The van der Waals surface area contributed by atoms with Crippen molar-refractivity contribution in [3.05, 3.63) is 23.8 Å². The predicted octanol–water partition coefficient (Wildman–Crippen LogP) is 0.970. The first kappa shape index (κ1) is 14.3. The van der Waals surface area contributed by atoms with Crippen LogP contribution in [0.4, 0.5) is 5.69 Å². The van der Waals surface area contributed by atoms with Crippen molar-refractivity contribution in [2.75, 3.05) is 25.4 Å². The molecule has 2 rings (SSSR count). The number of aliphatic hydroxyl groups excluding tert-OH is 1. The lowest BCUT2D eigenvalue weighted by molar-refractivity contribution is 0.259. The first-order chi connectivity index (χ1) is 8.95. The highest BCUT2D eigenvalue weighted by Crippen LogP contribution is 2.29. The van der Waals surface area contributed by atoms with Gasteiger partial charge in [0.25, 0.3) is 0 Å². The van der Waals surface area contributed by atoms with Crippen LogP contribution < -0.4 is 5.73 Å². The summed E-state index contributed by atoms with van der Waals surface area (Å²) in [4.78, 5) is 0.183. The molecule has 1 aromatic rings. The number of nitrogens with two attached hydrogens (primary N) is 1. The monoisotopic (exact) mass is 284 g/mol. The summed E-state index contributed by atoms with van der Waals surface area (Å²) in [6.45, 7) is 2.95. The molecule has 0 bridgehead atoms. The summed E-state index contributed by atoms with van der Waals surface area (Å²) in [5.74, 6) is 0.242. The van der Waals surface area contributed by atoms with Gasteiger partial charge in [-0.2, -0.15) is 4.31 Å². The lowest BCUT2D eigenvalue weighted by Crippen LogP contribution is -2.29. The Hall–Kier alpha value is -1.11. The third-order valence-electron chi connectivity index (χ3n) is 3.57. The quantitative estimate of drug-likeness (QED) is 0.807. The number of rotatable bonds is 4. The third kappa shape index (κ3) is 2.91. The highest BCUT2D eigenvalue weighted by molar-refractivity contribution is 7.89. The Balaban J connectivity index is 2.23. The SMILES string of the molecule is Cc1ccc(S(=O)(=O)N2CCC(CCO)C2)c(N)c1. The molecule has 0 aromatic heterocycles. The van der Waals surface area contributed by atoms with Crippen LogP contribution in [0.15, 0.2) is 23.1 Å². The van der Waals surface area contributed by atoms with Crippen LogP contribution in [0, 0.1) is 12.8 Å². The number of nitrogens with zero attached hydrogens (tertiary/aromatic N) is 1. The van der Waals surface area contributed by atoms with Gasteiger partial charge >= 0.3 is 0 Å². The molecule has 1 heterocycles. The van der Waals surface area contributed by atoms with Crippen molar-refractivity contribution in [1.29, 1.82) is 0 Å². The topological polar surface area (TPSA) is 83.6 Å². The van der Waals surface area contributed by atoms with Gasteiger partial charge in [-0.1, -0.05) is 6.07 Å². The van der Waals surface area contributed by atoms with Gasteiger partial charge in [-0.25, -0.2) is 8.42 Å². The second-order valence-corrected chi connectivity index (χ2v) is 6.98. The van der Waals surface area contributed by atoms with Gasteiger partial charge in [-0.3, -0.25) is 0 Å². The molecule has 1 atom stereocenters. The molecule has 1 aromatic carbocycles. The van der Waals surface area contributed by atoms with Crippen molar-refractivity contribution in [3.63, 3.8) is 0 Å². The van der Waals surface area contributed by atoms with E-state index < -0.39 is 10.0 Å². The van der Waals surface area contributed by atoms with Crippen molar-refractivity contribution in [3.8, 4) is 0 Å². The van der Waals surface area contributed by atoms with E-state index in [4.69, 9.17) is 10.8 Å². The molecule has 0 spiro atoms. The van der Waals surface area contributed by atoms with E-state index in [-0.39, 0.29) is 17.4 Å². The van der Waals surface area contributed by atoms with Gasteiger partial charge in [-0.05, 0) is 43.4 Å². The molecule has 1 aliphatic heterocycles. The predicted molar refractivity (Wildman–Crippen MR) is 74.2 cm³/mol. The van der Waals surface area contributed by atoms with Crippen LogP contribution in [0.25, 0.3) is 0 Å². The van der Waals surface area contributed by atoms with E-state index in [1.807, 2.05) is 6.92 Å². The zero-order valence-electron chi connectivity index (χ0n) is 11.0. The molecule has 1 fully saturated rings. The van der Waals surface area contributed by atoms with Crippen LogP contribution in [0.2, 0.25) is 0 Å². The number of hydrogen-bond acceptors (Lipinski definition) is 4. The summed E-state index contributed by atoms with van der Waals surface area (Å²) < 4.78 is 26.5. The minimum absolute atomic E-state index is 0.102. The standard InChI is InChI=1S/C13H20N2O3S/c1-10-2-3-13(12(14)8-10)19(17,18)15-6-4-11(9-15)5-7-16/h2-3,8,11,16H,4-7,9,14H2,1H3. The van der Waals surface area contributed by atoms with E-state index >= 15 is 0 Å². The Morgan fingerprint density at radius 3 is 2.84 bits per heavy atom. The molecule has 19 heavy (non-hydrogen) atoms. The molecule has 0 radical (unpaired) electrons. The largest absolute Gasteiger partial charge is 0.398 e.